The third-order valence-electron chi connectivity index (χ3n) is 2.48. The highest BCUT2D eigenvalue weighted by Crippen LogP contribution is 2.18. The predicted molar refractivity (Wildman–Crippen MR) is 51.2 cm³/mol. The van der Waals surface area contributed by atoms with E-state index in [0.29, 0.717) is 6.54 Å². The first kappa shape index (κ1) is 9.67. The van der Waals surface area contributed by atoms with Gasteiger partial charge in [-0.2, -0.15) is 0 Å². The summed E-state index contributed by atoms with van der Waals surface area (Å²) in [7, 11) is -3.62. The van der Waals surface area contributed by atoms with Crippen LogP contribution in [-0.2, 0) is 23.0 Å². The highest BCUT2D eigenvalue weighted by atomic mass is 32.2. The smallest absolute Gasteiger partial charge is 0.255 e. The summed E-state index contributed by atoms with van der Waals surface area (Å²) in [6, 6.07) is 0. The SMILES string of the molecule is NS(=O)(=O)c1cnc2n1CCCCC2. The number of nitrogens with zero attached hydrogens (tertiary/aromatic N) is 2. The Kier molecular flexibility index (Phi) is 2.32. The molecular weight excluding hydrogens is 202 g/mol. The van der Waals surface area contributed by atoms with E-state index in [0.717, 1.165) is 31.5 Å². The Morgan fingerprint density at radius 2 is 2.14 bits per heavy atom. The van der Waals surface area contributed by atoms with E-state index in [9.17, 15) is 8.42 Å². The summed E-state index contributed by atoms with van der Waals surface area (Å²) in [5.74, 6) is 0.839. The Bertz CT molecular complexity index is 435. The standard InChI is InChI=1S/C8H13N3O2S/c9-14(12,13)8-6-10-7-4-2-1-3-5-11(7)8/h6H,1-5H2,(H2,9,12,13). The van der Waals surface area contributed by atoms with Crippen molar-refractivity contribution in [2.45, 2.75) is 37.3 Å². The lowest BCUT2D eigenvalue weighted by Gasteiger charge is -2.05. The van der Waals surface area contributed by atoms with Crippen LogP contribution in [0.25, 0.3) is 0 Å². The summed E-state index contributed by atoms with van der Waals surface area (Å²) in [5.41, 5.74) is 0. The van der Waals surface area contributed by atoms with Crippen LogP contribution in [0.1, 0.15) is 25.1 Å². The molecule has 0 spiro atoms. The zero-order valence-electron chi connectivity index (χ0n) is 7.81. The summed E-state index contributed by atoms with van der Waals surface area (Å²) in [5, 5.41) is 5.24. The molecule has 1 aromatic heterocycles. The van der Waals surface area contributed by atoms with Crippen LogP contribution in [0, 0.1) is 0 Å². The van der Waals surface area contributed by atoms with Crippen molar-refractivity contribution in [1.29, 1.82) is 0 Å². The molecule has 0 atom stereocenters. The van der Waals surface area contributed by atoms with Gasteiger partial charge in [0.2, 0.25) is 0 Å². The van der Waals surface area contributed by atoms with Gasteiger partial charge >= 0.3 is 0 Å². The predicted octanol–water partition coefficient (Wildman–Crippen LogP) is 0.257. The maximum atomic E-state index is 11.2. The summed E-state index contributed by atoms with van der Waals surface area (Å²) in [4.78, 5) is 4.09. The number of rotatable bonds is 1. The van der Waals surface area contributed by atoms with Crippen LogP contribution in [0.5, 0.6) is 0 Å². The quantitative estimate of drug-likeness (QED) is 0.729. The molecule has 2 heterocycles. The number of imidazole rings is 1. The van der Waals surface area contributed by atoms with Crippen LogP contribution < -0.4 is 5.14 Å². The molecule has 0 unspecified atom stereocenters. The fourth-order valence-corrected chi connectivity index (χ4v) is 2.50. The summed E-state index contributed by atoms with van der Waals surface area (Å²) in [6.45, 7) is 0.709. The Balaban J connectivity index is 2.50. The molecule has 1 aromatic rings. The van der Waals surface area contributed by atoms with Crippen LogP contribution in [0.15, 0.2) is 11.2 Å². The monoisotopic (exact) mass is 215 g/mol. The number of hydrogen-bond acceptors (Lipinski definition) is 3. The largest absolute Gasteiger partial charge is 0.318 e. The van der Waals surface area contributed by atoms with Crippen LogP contribution >= 0.6 is 0 Å². The van der Waals surface area contributed by atoms with Gasteiger partial charge in [0.1, 0.15) is 5.82 Å². The summed E-state index contributed by atoms with van der Waals surface area (Å²) in [6.07, 6.45) is 5.38. The molecule has 0 radical (unpaired) electrons. The van der Waals surface area contributed by atoms with Crippen molar-refractivity contribution in [2.75, 3.05) is 0 Å². The Hall–Kier alpha value is -0.880. The molecule has 1 aliphatic heterocycles. The second kappa shape index (κ2) is 3.36. The molecule has 0 bridgehead atoms. The van der Waals surface area contributed by atoms with E-state index in [1.165, 1.54) is 6.20 Å². The molecule has 14 heavy (non-hydrogen) atoms. The van der Waals surface area contributed by atoms with E-state index in [2.05, 4.69) is 4.98 Å². The molecule has 0 aliphatic carbocycles. The Labute approximate surface area is 83.0 Å². The highest BCUT2D eigenvalue weighted by molar-refractivity contribution is 7.89. The molecule has 2 N–H and O–H groups in total. The molecule has 0 aromatic carbocycles. The van der Waals surface area contributed by atoms with Crippen molar-refractivity contribution >= 4 is 10.0 Å². The molecule has 78 valence electrons. The third kappa shape index (κ3) is 1.67. The van der Waals surface area contributed by atoms with E-state index >= 15 is 0 Å². The fraction of sp³-hybridized carbons (Fsp3) is 0.625. The van der Waals surface area contributed by atoms with Gasteiger partial charge < -0.3 is 4.57 Å². The molecule has 5 nitrogen and oxygen atoms in total. The zero-order chi connectivity index (χ0) is 10.2. The van der Waals surface area contributed by atoms with Gasteiger partial charge in [0.15, 0.2) is 5.03 Å². The van der Waals surface area contributed by atoms with Crippen molar-refractivity contribution in [3.63, 3.8) is 0 Å². The van der Waals surface area contributed by atoms with Crippen LogP contribution in [0.2, 0.25) is 0 Å². The first-order chi connectivity index (χ1) is 6.59. The Morgan fingerprint density at radius 3 is 2.86 bits per heavy atom. The highest BCUT2D eigenvalue weighted by Gasteiger charge is 2.19. The van der Waals surface area contributed by atoms with Crippen LogP contribution in [0.4, 0.5) is 0 Å². The molecule has 0 saturated carbocycles. The zero-order valence-corrected chi connectivity index (χ0v) is 8.63. The summed E-state index contributed by atoms with van der Waals surface area (Å²) < 4.78 is 24.1. The van der Waals surface area contributed by atoms with Crippen molar-refractivity contribution < 1.29 is 8.42 Å². The van der Waals surface area contributed by atoms with E-state index in [4.69, 9.17) is 5.14 Å². The minimum absolute atomic E-state index is 0.148. The number of sulfonamides is 1. The second-order valence-electron chi connectivity index (χ2n) is 3.52. The Morgan fingerprint density at radius 1 is 1.36 bits per heavy atom. The lowest BCUT2D eigenvalue weighted by molar-refractivity contribution is 0.559. The lowest BCUT2D eigenvalue weighted by atomic mass is 10.2. The lowest BCUT2D eigenvalue weighted by Crippen LogP contribution is -2.18. The number of fused-ring (bicyclic) bond motifs is 1. The van der Waals surface area contributed by atoms with E-state index < -0.39 is 10.0 Å². The number of primary sulfonamides is 1. The van der Waals surface area contributed by atoms with E-state index in [-0.39, 0.29) is 5.03 Å². The topological polar surface area (TPSA) is 78.0 Å². The molecule has 0 fully saturated rings. The summed E-state index contributed by atoms with van der Waals surface area (Å²) >= 11 is 0. The van der Waals surface area contributed by atoms with Crippen molar-refractivity contribution in [2.24, 2.45) is 5.14 Å². The van der Waals surface area contributed by atoms with Crippen LogP contribution in [0.3, 0.4) is 0 Å². The normalized spacial score (nSPS) is 17.5. The number of hydrogen-bond donors (Lipinski definition) is 1. The van der Waals surface area contributed by atoms with Gasteiger partial charge in [-0.05, 0) is 12.8 Å². The van der Waals surface area contributed by atoms with Gasteiger partial charge in [0, 0.05) is 13.0 Å². The maximum Gasteiger partial charge on any atom is 0.255 e. The van der Waals surface area contributed by atoms with Gasteiger partial charge in [-0.25, -0.2) is 18.5 Å². The first-order valence-corrected chi connectivity index (χ1v) is 6.21. The van der Waals surface area contributed by atoms with Crippen molar-refractivity contribution in [3.8, 4) is 0 Å². The van der Waals surface area contributed by atoms with Crippen molar-refractivity contribution in [1.82, 2.24) is 9.55 Å². The molecule has 2 rings (SSSR count). The van der Waals surface area contributed by atoms with Crippen LogP contribution in [-0.4, -0.2) is 18.0 Å². The average molecular weight is 215 g/mol. The van der Waals surface area contributed by atoms with E-state index in [1.54, 1.807) is 4.57 Å². The van der Waals surface area contributed by atoms with Crippen molar-refractivity contribution in [3.05, 3.63) is 12.0 Å². The minimum atomic E-state index is -3.62. The van der Waals surface area contributed by atoms with Gasteiger partial charge in [-0.15, -0.1) is 0 Å². The number of nitrogens with two attached hydrogens (primary N) is 1. The van der Waals surface area contributed by atoms with Gasteiger partial charge in [-0.3, -0.25) is 0 Å². The van der Waals surface area contributed by atoms with Gasteiger partial charge in [0.05, 0.1) is 6.20 Å². The molecule has 1 aliphatic rings. The molecular formula is C8H13N3O2S. The van der Waals surface area contributed by atoms with E-state index in [1.807, 2.05) is 0 Å². The average Bonchev–Trinajstić information content (AvgIpc) is 2.36. The maximum absolute atomic E-state index is 11.2. The molecule has 6 heteroatoms. The van der Waals surface area contributed by atoms with Gasteiger partial charge in [0.25, 0.3) is 10.0 Å². The number of aryl methyl sites for hydroxylation is 1. The first-order valence-electron chi connectivity index (χ1n) is 4.66. The second-order valence-corrected chi connectivity index (χ2v) is 5.03. The molecule has 0 amide bonds. The van der Waals surface area contributed by atoms with Gasteiger partial charge in [-0.1, -0.05) is 6.42 Å². The molecule has 0 saturated heterocycles. The number of aromatic nitrogens is 2. The third-order valence-corrected chi connectivity index (χ3v) is 3.38. The fourth-order valence-electron chi connectivity index (χ4n) is 1.79. The minimum Gasteiger partial charge on any atom is -0.318 e.